The molecule has 0 bridgehead atoms. The van der Waals surface area contributed by atoms with Crippen LogP contribution in [0.1, 0.15) is 32.6 Å². The minimum Gasteiger partial charge on any atom is -0.389 e. The molecule has 4 nitrogen and oxygen atoms in total. The minimum atomic E-state index is -0.371. The van der Waals surface area contributed by atoms with Crippen LogP contribution in [0, 0.1) is 5.92 Å². The smallest absolute Gasteiger partial charge is 0.0897 e. The maximum atomic E-state index is 9.79. The predicted octanol–water partition coefficient (Wildman–Crippen LogP) is 0.848. The van der Waals surface area contributed by atoms with E-state index in [9.17, 15) is 5.11 Å². The molecule has 0 aromatic heterocycles. The summed E-state index contributed by atoms with van der Waals surface area (Å²) in [5.41, 5.74) is 0. The van der Waals surface area contributed by atoms with Gasteiger partial charge in [0.25, 0.3) is 0 Å². The summed E-state index contributed by atoms with van der Waals surface area (Å²) in [6.45, 7) is 7.70. The van der Waals surface area contributed by atoms with Gasteiger partial charge in [-0.25, -0.2) is 0 Å². The monoisotopic (exact) mass is 256 g/mol. The number of likely N-dealkylation sites (tertiary alicyclic amines) is 1. The Kier molecular flexibility index (Phi) is 5.89. The fraction of sp³-hybridized carbons (Fsp3) is 1.00. The van der Waals surface area contributed by atoms with Crippen molar-refractivity contribution in [2.75, 3.05) is 39.4 Å². The molecule has 1 aliphatic heterocycles. The van der Waals surface area contributed by atoms with Crippen LogP contribution in [-0.4, -0.2) is 61.5 Å². The van der Waals surface area contributed by atoms with Crippen LogP contribution in [0.25, 0.3) is 0 Å². The summed E-state index contributed by atoms with van der Waals surface area (Å²) in [5, 5.41) is 13.2. The van der Waals surface area contributed by atoms with Crippen LogP contribution in [0.3, 0.4) is 0 Å². The van der Waals surface area contributed by atoms with E-state index in [0.29, 0.717) is 19.2 Å². The van der Waals surface area contributed by atoms with E-state index in [-0.39, 0.29) is 6.10 Å². The molecule has 1 aliphatic carbocycles. The van der Waals surface area contributed by atoms with E-state index >= 15 is 0 Å². The summed E-state index contributed by atoms with van der Waals surface area (Å²) >= 11 is 0. The maximum Gasteiger partial charge on any atom is 0.0897 e. The average molecular weight is 256 g/mol. The lowest BCUT2D eigenvalue weighted by molar-refractivity contribution is 0.0310. The Balaban J connectivity index is 1.46. The molecule has 2 atom stereocenters. The first-order valence-electron chi connectivity index (χ1n) is 7.45. The second-order valence-corrected chi connectivity index (χ2v) is 5.95. The van der Waals surface area contributed by atoms with E-state index in [2.05, 4.69) is 17.1 Å². The lowest BCUT2D eigenvalue weighted by Gasteiger charge is -2.22. The summed E-state index contributed by atoms with van der Waals surface area (Å²) in [6, 6.07) is 0.446. The second kappa shape index (κ2) is 7.43. The van der Waals surface area contributed by atoms with E-state index in [0.717, 1.165) is 19.1 Å². The Morgan fingerprint density at radius 3 is 2.72 bits per heavy atom. The zero-order valence-electron chi connectivity index (χ0n) is 11.6. The Morgan fingerprint density at radius 2 is 2.06 bits per heavy atom. The predicted molar refractivity (Wildman–Crippen MR) is 72.7 cm³/mol. The molecule has 1 heterocycles. The molecule has 2 rings (SSSR count). The lowest BCUT2D eigenvalue weighted by Crippen LogP contribution is -2.42. The Bertz CT molecular complexity index is 228. The van der Waals surface area contributed by atoms with Crippen molar-refractivity contribution in [2.45, 2.75) is 44.8 Å². The molecule has 2 aliphatic rings. The molecule has 18 heavy (non-hydrogen) atoms. The van der Waals surface area contributed by atoms with Gasteiger partial charge in [-0.3, -0.25) is 0 Å². The highest BCUT2D eigenvalue weighted by molar-refractivity contribution is 4.74. The normalized spacial score (nSPS) is 24.3. The first kappa shape index (κ1) is 14.3. The zero-order valence-corrected chi connectivity index (χ0v) is 11.6. The number of hydrogen-bond donors (Lipinski definition) is 2. The summed E-state index contributed by atoms with van der Waals surface area (Å²) in [7, 11) is 0. The quantitative estimate of drug-likeness (QED) is 0.642. The fourth-order valence-electron chi connectivity index (χ4n) is 2.47. The van der Waals surface area contributed by atoms with Gasteiger partial charge >= 0.3 is 0 Å². The number of ether oxygens (including phenoxy) is 1. The van der Waals surface area contributed by atoms with Crippen molar-refractivity contribution in [2.24, 2.45) is 5.92 Å². The van der Waals surface area contributed by atoms with E-state index in [1.54, 1.807) is 0 Å². The van der Waals surface area contributed by atoms with Crippen LogP contribution >= 0.6 is 0 Å². The number of nitrogens with one attached hydrogen (secondary N) is 1. The number of aliphatic hydroxyl groups is 1. The third kappa shape index (κ3) is 5.65. The van der Waals surface area contributed by atoms with Crippen molar-refractivity contribution in [3.05, 3.63) is 0 Å². The van der Waals surface area contributed by atoms with Crippen molar-refractivity contribution in [1.29, 1.82) is 0 Å². The molecule has 2 fully saturated rings. The van der Waals surface area contributed by atoms with Crippen LogP contribution < -0.4 is 5.32 Å². The zero-order chi connectivity index (χ0) is 12.8. The number of aliphatic hydroxyl groups excluding tert-OH is 1. The third-order valence-corrected chi connectivity index (χ3v) is 3.79. The van der Waals surface area contributed by atoms with Gasteiger partial charge in [-0.1, -0.05) is 0 Å². The summed E-state index contributed by atoms with van der Waals surface area (Å²) in [6.07, 6.45) is 4.92. The van der Waals surface area contributed by atoms with E-state index in [1.165, 1.54) is 38.8 Å². The van der Waals surface area contributed by atoms with Gasteiger partial charge in [-0.05, 0) is 51.6 Å². The number of nitrogens with zero attached hydrogens (tertiary/aromatic N) is 1. The van der Waals surface area contributed by atoms with Crippen molar-refractivity contribution in [1.82, 2.24) is 10.2 Å². The summed E-state index contributed by atoms with van der Waals surface area (Å²) in [4.78, 5) is 2.49. The number of hydrogen-bond acceptors (Lipinski definition) is 4. The van der Waals surface area contributed by atoms with Gasteiger partial charge in [0.15, 0.2) is 0 Å². The molecule has 0 amide bonds. The van der Waals surface area contributed by atoms with Gasteiger partial charge in [0.05, 0.1) is 12.7 Å². The molecule has 2 unspecified atom stereocenters. The molecule has 106 valence electrons. The molecule has 2 N–H and O–H groups in total. The third-order valence-electron chi connectivity index (χ3n) is 3.79. The van der Waals surface area contributed by atoms with Gasteiger partial charge in [0.1, 0.15) is 0 Å². The largest absolute Gasteiger partial charge is 0.389 e. The van der Waals surface area contributed by atoms with Gasteiger partial charge in [0.2, 0.25) is 0 Å². The molecule has 0 spiro atoms. The van der Waals surface area contributed by atoms with Crippen LogP contribution in [0.2, 0.25) is 0 Å². The Labute approximate surface area is 111 Å². The van der Waals surface area contributed by atoms with Crippen molar-refractivity contribution in [3.8, 4) is 0 Å². The first-order chi connectivity index (χ1) is 8.74. The van der Waals surface area contributed by atoms with Crippen molar-refractivity contribution < 1.29 is 9.84 Å². The summed E-state index contributed by atoms with van der Waals surface area (Å²) < 4.78 is 5.48. The highest BCUT2D eigenvalue weighted by Crippen LogP contribution is 2.28. The first-order valence-corrected chi connectivity index (χ1v) is 7.45. The van der Waals surface area contributed by atoms with Crippen LogP contribution in [0.4, 0.5) is 0 Å². The molecular formula is C14H28N2O2. The van der Waals surface area contributed by atoms with Crippen LogP contribution in [0.15, 0.2) is 0 Å². The van der Waals surface area contributed by atoms with E-state index in [4.69, 9.17) is 4.74 Å². The highest BCUT2D eigenvalue weighted by Gasteiger charge is 2.21. The molecule has 0 aromatic rings. The van der Waals surface area contributed by atoms with Gasteiger partial charge in [-0.15, -0.1) is 0 Å². The molecule has 4 heteroatoms. The molecule has 1 saturated carbocycles. The minimum absolute atomic E-state index is 0.371. The van der Waals surface area contributed by atoms with Gasteiger partial charge in [0, 0.05) is 25.7 Å². The van der Waals surface area contributed by atoms with Crippen LogP contribution in [0.5, 0.6) is 0 Å². The van der Waals surface area contributed by atoms with E-state index < -0.39 is 0 Å². The van der Waals surface area contributed by atoms with Crippen molar-refractivity contribution >= 4 is 0 Å². The van der Waals surface area contributed by atoms with Crippen LogP contribution in [-0.2, 0) is 4.74 Å². The SMILES string of the molecule is CC(CN1CCCC1)NCC(O)COCC1CC1. The average Bonchev–Trinajstić information content (AvgIpc) is 3.03. The molecule has 0 aromatic carbocycles. The molecule has 0 radical (unpaired) electrons. The Morgan fingerprint density at radius 1 is 1.33 bits per heavy atom. The van der Waals surface area contributed by atoms with Gasteiger partial charge in [-0.2, -0.15) is 0 Å². The highest BCUT2D eigenvalue weighted by atomic mass is 16.5. The standard InChI is InChI=1S/C14H28N2O2/c1-12(9-16-6-2-3-7-16)15-8-14(17)11-18-10-13-4-5-13/h12-15,17H,2-11H2,1H3. The molecular weight excluding hydrogens is 228 g/mol. The van der Waals surface area contributed by atoms with E-state index in [1.807, 2.05) is 0 Å². The Hall–Kier alpha value is -0.160. The topological polar surface area (TPSA) is 44.7 Å². The molecule has 1 saturated heterocycles. The summed E-state index contributed by atoms with van der Waals surface area (Å²) in [5.74, 6) is 0.777. The maximum absolute atomic E-state index is 9.79. The number of rotatable bonds is 9. The lowest BCUT2D eigenvalue weighted by atomic mass is 10.3. The second-order valence-electron chi connectivity index (χ2n) is 5.95. The van der Waals surface area contributed by atoms with Gasteiger partial charge < -0.3 is 20.1 Å². The van der Waals surface area contributed by atoms with Crippen molar-refractivity contribution in [3.63, 3.8) is 0 Å². The fourth-order valence-corrected chi connectivity index (χ4v) is 2.47.